The predicted molar refractivity (Wildman–Crippen MR) is 61.7 cm³/mol. The molecule has 0 aromatic rings. The number of alkyl halides is 1. The summed E-state index contributed by atoms with van der Waals surface area (Å²) in [7, 11) is 0. The number of amides is 1. The van der Waals surface area contributed by atoms with Crippen LogP contribution in [0.2, 0.25) is 0 Å². The van der Waals surface area contributed by atoms with E-state index in [2.05, 4.69) is 35.1 Å². The fourth-order valence-corrected chi connectivity index (χ4v) is 1.08. The zero-order valence-corrected chi connectivity index (χ0v) is 10.9. The van der Waals surface area contributed by atoms with Crippen molar-refractivity contribution in [2.45, 2.75) is 38.6 Å². The quantitative estimate of drug-likeness (QED) is 0.746. The van der Waals surface area contributed by atoms with E-state index in [1.165, 1.54) is 0 Å². The molecule has 0 aliphatic heterocycles. The van der Waals surface area contributed by atoms with E-state index in [1.807, 2.05) is 13.8 Å². The number of carbonyl (C=O) groups is 1. The highest BCUT2D eigenvalue weighted by atomic mass is 79.9. The van der Waals surface area contributed by atoms with Crippen LogP contribution in [-0.2, 0) is 9.53 Å². The Morgan fingerprint density at radius 3 is 2.36 bits per heavy atom. The summed E-state index contributed by atoms with van der Waals surface area (Å²) >= 11 is 3.23. The summed E-state index contributed by atoms with van der Waals surface area (Å²) in [5.74, 6) is 0.403. The zero-order valence-electron chi connectivity index (χ0n) is 9.34. The van der Waals surface area contributed by atoms with Crippen LogP contribution in [0.25, 0.3) is 0 Å². The lowest BCUT2D eigenvalue weighted by Crippen LogP contribution is -2.44. The highest BCUT2D eigenvalue weighted by Gasteiger charge is 2.18. The molecule has 0 spiro atoms. The molecular weight excluding hydrogens is 246 g/mol. The number of hydrogen-bond acceptors (Lipinski definition) is 2. The van der Waals surface area contributed by atoms with Crippen molar-refractivity contribution in [3.63, 3.8) is 0 Å². The lowest BCUT2D eigenvalue weighted by atomic mass is 10.1. The molecule has 2 atom stereocenters. The van der Waals surface area contributed by atoms with E-state index in [0.29, 0.717) is 19.1 Å². The molecule has 0 radical (unpaired) electrons. The van der Waals surface area contributed by atoms with Crippen LogP contribution in [0, 0.1) is 5.92 Å². The molecule has 0 aliphatic carbocycles. The lowest BCUT2D eigenvalue weighted by Gasteiger charge is -2.22. The number of carbonyl (C=O) groups excluding carboxylic acids is 1. The SMILES string of the molecule is CCOCC(NC(=O)C(C)Br)C(C)C. The molecule has 1 N–H and O–H groups in total. The fourth-order valence-electron chi connectivity index (χ4n) is 0.943. The Bertz CT molecular complexity index is 172. The van der Waals surface area contributed by atoms with Gasteiger partial charge in [0, 0.05) is 6.61 Å². The van der Waals surface area contributed by atoms with Gasteiger partial charge in [-0.3, -0.25) is 4.79 Å². The summed E-state index contributed by atoms with van der Waals surface area (Å²) in [5, 5.41) is 2.94. The molecule has 0 bridgehead atoms. The van der Waals surface area contributed by atoms with Gasteiger partial charge in [-0.05, 0) is 19.8 Å². The van der Waals surface area contributed by atoms with Crippen LogP contribution in [0.4, 0.5) is 0 Å². The first kappa shape index (κ1) is 13.9. The third kappa shape index (κ3) is 5.60. The molecule has 0 aliphatic rings. The molecule has 0 rings (SSSR count). The number of rotatable bonds is 6. The zero-order chi connectivity index (χ0) is 11.1. The maximum absolute atomic E-state index is 11.4. The van der Waals surface area contributed by atoms with Gasteiger partial charge in [0.15, 0.2) is 0 Å². The second kappa shape index (κ2) is 7.23. The molecular formula is C10H20BrNO2. The molecule has 0 fully saturated rings. The minimum atomic E-state index is -0.148. The molecule has 0 saturated heterocycles. The lowest BCUT2D eigenvalue weighted by molar-refractivity contribution is -0.121. The van der Waals surface area contributed by atoms with Gasteiger partial charge >= 0.3 is 0 Å². The van der Waals surface area contributed by atoms with Crippen molar-refractivity contribution in [3.05, 3.63) is 0 Å². The molecule has 2 unspecified atom stereocenters. The van der Waals surface area contributed by atoms with E-state index in [1.54, 1.807) is 0 Å². The third-order valence-corrected chi connectivity index (χ3v) is 2.41. The predicted octanol–water partition coefficient (Wildman–Crippen LogP) is 1.95. The Kier molecular flexibility index (Phi) is 7.19. The van der Waals surface area contributed by atoms with Crippen LogP contribution in [0.3, 0.4) is 0 Å². The van der Waals surface area contributed by atoms with E-state index in [9.17, 15) is 4.79 Å². The van der Waals surface area contributed by atoms with Gasteiger partial charge in [0.05, 0.1) is 17.5 Å². The topological polar surface area (TPSA) is 38.3 Å². The molecule has 3 nitrogen and oxygen atoms in total. The summed E-state index contributed by atoms with van der Waals surface area (Å²) in [5.41, 5.74) is 0. The average Bonchev–Trinajstić information content (AvgIpc) is 2.10. The number of nitrogens with one attached hydrogen (secondary N) is 1. The van der Waals surface area contributed by atoms with Gasteiger partial charge in [0.25, 0.3) is 0 Å². The van der Waals surface area contributed by atoms with Gasteiger partial charge in [-0.2, -0.15) is 0 Å². The normalized spacial score (nSPS) is 15.3. The number of hydrogen-bond donors (Lipinski definition) is 1. The minimum Gasteiger partial charge on any atom is -0.380 e. The van der Waals surface area contributed by atoms with Crippen molar-refractivity contribution in [3.8, 4) is 0 Å². The van der Waals surface area contributed by atoms with Gasteiger partial charge in [0.1, 0.15) is 0 Å². The van der Waals surface area contributed by atoms with Crippen LogP contribution in [-0.4, -0.2) is 30.0 Å². The van der Waals surface area contributed by atoms with E-state index in [0.717, 1.165) is 0 Å². The van der Waals surface area contributed by atoms with Gasteiger partial charge in [0.2, 0.25) is 5.91 Å². The van der Waals surface area contributed by atoms with Crippen LogP contribution < -0.4 is 5.32 Å². The Morgan fingerprint density at radius 1 is 1.43 bits per heavy atom. The summed E-state index contributed by atoms with van der Waals surface area (Å²) in [6.45, 7) is 9.17. The van der Waals surface area contributed by atoms with E-state index >= 15 is 0 Å². The first-order valence-electron chi connectivity index (χ1n) is 5.01. The molecule has 0 saturated carbocycles. The second-order valence-electron chi connectivity index (χ2n) is 3.63. The van der Waals surface area contributed by atoms with Crippen molar-refractivity contribution in [2.75, 3.05) is 13.2 Å². The van der Waals surface area contributed by atoms with Crippen molar-refractivity contribution >= 4 is 21.8 Å². The second-order valence-corrected chi connectivity index (χ2v) is 5.01. The summed E-state index contributed by atoms with van der Waals surface area (Å²) in [4.78, 5) is 11.3. The van der Waals surface area contributed by atoms with Crippen molar-refractivity contribution in [2.24, 2.45) is 5.92 Å². The Morgan fingerprint density at radius 2 is 2.00 bits per heavy atom. The minimum absolute atomic E-state index is 0.0170. The van der Waals surface area contributed by atoms with E-state index < -0.39 is 0 Å². The molecule has 1 amide bonds. The molecule has 4 heteroatoms. The van der Waals surface area contributed by atoms with Crippen LogP contribution in [0.15, 0.2) is 0 Å². The van der Waals surface area contributed by atoms with Gasteiger partial charge in [-0.15, -0.1) is 0 Å². The van der Waals surface area contributed by atoms with Gasteiger partial charge in [-0.1, -0.05) is 29.8 Å². The fraction of sp³-hybridized carbons (Fsp3) is 0.900. The molecule has 84 valence electrons. The Balaban J connectivity index is 4.02. The van der Waals surface area contributed by atoms with Crippen molar-refractivity contribution in [1.29, 1.82) is 0 Å². The Hall–Kier alpha value is -0.0900. The summed E-state index contributed by atoms with van der Waals surface area (Å²) < 4.78 is 5.31. The molecule has 0 heterocycles. The Labute approximate surface area is 94.7 Å². The van der Waals surface area contributed by atoms with E-state index in [4.69, 9.17) is 4.74 Å². The van der Waals surface area contributed by atoms with Crippen LogP contribution >= 0.6 is 15.9 Å². The highest BCUT2D eigenvalue weighted by molar-refractivity contribution is 9.10. The third-order valence-electron chi connectivity index (χ3n) is 2.00. The van der Waals surface area contributed by atoms with Crippen LogP contribution in [0.5, 0.6) is 0 Å². The highest BCUT2D eigenvalue weighted by Crippen LogP contribution is 2.05. The van der Waals surface area contributed by atoms with Crippen molar-refractivity contribution in [1.82, 2.24) is 5.32 Å². The maximum atomic E-state index is 11.4. The molecule has 0 aromatic heterocycles. The van der Waals surface area contributed by atoms with Gasteiger partial charge in [-0.25, -0.2) is 0 Å². The first-order chi connectivity index (χ1) is 6.49. The summed E-state index contributed by atoms with van der Waals surface area (Å²) in [6.07, 6.45) is 0. The average molecular weight is 266 g/mol. The molecule has 14 heavy (non-hydrogen) atoms. The number of halogens is 1. The molecule has 0 aromatic carbocycles. The monoisotopic (exact) mass is 265 g/mol. The first-order valence-corrected chi connectivity index (χ1v) is 5.92. The van der Waals surface area contributed by atoms with E-state index in [-0.39, 0.29) is 16.8 Å². The van der Waals surface area contributed by atoms with Crippen LogP contribution in [0.1, 0.15) is 27.7 Å². The standard InChI is InChI=1S/C10H20BrNO2/c1-5-14-6-9(7(2)3)12-10(13)8(4)11/h7-9H,5-6H2,1-4H3,(H,12,13). The smallest absolute Gasteiger partial charge is 0.233 e. The number of ether oxygens (including phenoxy) is 1. The largest absolute Gasteiger partial charge is 0.380 e. The van der Waals surface area contributed by atoms with Gasteiger partial charge < -0.3 is 10.1 Å². The van der Waals surface area contributed by atoms with Crippen molar-refractivity contribution < 1.29 is 9.53 Å². The summed E-state index contributed by atoms with van der Waals surface area (Å²) in [6, 6.07) is 0.0995. The maximum Gasteiger partial charge on any atom is 0.233 e.